The van der Waals surface area contributed by atoms with Gasteiger partial charge >= 0.3 is 17.9 Å². The van der Waals surface area contributed by atoms with Crippen molar-refractivity contribution in [3.05, 3.63) is 76.2 Å². The molecule has 3 aromatic rings. The Kier molecular flexibility index (Phi) is 10.9. The third kappa shape index (κ3) is 8.45. The molecule has 1 aliphatic carbocycles. The summed E-state index contributed by atoms with van der Waals surface area (Å²) in [5, 5.41) is 19.7. The van der Waals surface area contributed by atoms with Gasteiger partial charge in [-0.1, -0.05) is 54.4 Å². The van der Waals surface area contributed by atoms with Gasteiger partial charge in [0.25, 0.3) is 0 Å². The zero-order chi connectivity index (χ0) is 37.2. The van der Waals surface area contributed by atoms with Crippen LogP contribution in [0.25, 0.3) is 11.1 Å². The first-order valence-electron chi connectivity index (χ1n) is 18.5. The van der Waals surface area contributed by atoms with E-state index in [4.69, 9.17) is 9.97 Å². The molecule has 2 aromatic carbocycles. The van der Waals surface area contributed by atoms with Crippen LogP contribution in [-0.4, -0.2) is 89.3 Å². The van der Waals surface area contributed by atoms with E-state index in [1.807, 2.05) is 11.8 Å². The van der Waals surface area contributed by atoms with Gasteiger partial charge in [-0.3, -0.25) is 4.79 Å². The Morgan fingerprint density at radius 2 is 1.85 bits per heavy atom. The quantitative estimate of drug-likeness (QED) is 0.0758. The van der Waals surface area contributed by atoms with Crippen molar-refractivity contribution in [2.45, 2.75) is 87.5 Å². The molecule has 3 amide bonds. The molecule has 0 bridgehead atoms. The Hall–Kier alpha value is -4.24. The standard InChI is InChI=1S/C38H46F3N9O2S/c1-23-12-13-27-25(18-23)21-28-33(27)35(46-31(44-28)20-24-8-5-9-26(19-24)37(48-49-37)38(39,40)41)43-15-7-17-50(2)16-6-14-42-32(51)11-4-3-10-30-34-29(22-53-30)45-36(52)47-34/h5,8-9,12-13,18-19,29-30,34H,3-4,6-7,10-11,14-17,20-22H2,1-2H3,(H,42,51)(H,43,44,46)(H2,45,47,52). The lowest BCUT2D eigenvalue weighted by Gasteiger charge is -2.18. The van der Waals surface area contributed by atoms with Crippen molar-refractivity contribution >= 4 is 29.5 Å². The van der Waals surface area contributed by atoms with E-state index in [2.05, 4.69) is 68.6 Å². The second-order valence-electron chi connectivity index (χ2n) is 14.5. The van der Waals surface area contributed by atoms with Gasteiger partial charge in [0.2, 0.25) is 5.91 Å². The second kappa shape index (κ2) is 15.6. The zero-order valence-electron chi connectivity index (χ0n) is 30.1. The largest absolute Gasteiger partial charge is 0.442 e. The number of aromatic nitrogens is 2. The van der Waals surface area contributed by atoms with E-state index in [9.17, 15) is 22.8 Å². The number of aryl methyl sites for hydroxylation is 1. The van der Waals surface area contributed by atoms with E-state index in [1.54, 1.807) is 12.1 Å². The number of unbranched alkanes of at least 4 members (excludes halogenated alkanes) is 1. The minimum Gasteiger partial charge on any atom is -0.369 e. The number of amides is 3. The summed E-state index contributed by atoms with van der Waals surface area (Å²) < 4.78 is 41.0. The Morgan fingerprint density at radius 1 is 1.04 bits per heavy atom. The Balaban J connectivity index is 0.862. The van der Waals surface area contributed by atoms with Gasteiger partial charge in [0, 0.05) is 54.5 Å². The normalized spacial score (nSPS) is 20.5. The molecule has 4 heterocycles. The molecule has 282 valence electrons. The number of urea groups is 1. The summed E-state index contributed by atoms with van der Waals surface area (Å²) in [5.41, 5.74) is 3.55. The molecular weight excluding hydrogens is 704 g/mol. The summed E-state index contributed by atoms with van der Waals surface area (Å²) in [7, 11) is 2.08. The summed E-state index contributed by atoms with van der Waals surface area (Å²) in [6.45, 7) is 5.10. The van der Waals surface area contributed by atoms with Crippen molar-refractivity contribution in [3.8, 4) is 11.1 Å². The number of anilines is 1. The number of carbonyl (C=O) groups excluding carboxylic acids is 2. The average molecular weight is 750 g/mol. The first-order valence-corrected chi connectivity index (χ1v) is 19.5. The molecule has 0 saturated carbocycles. The van der Waals surface area contributed by atoms with Gasteiger partial charge in [-0.15, -0.1) is 10.2 Å². The van der Waals surface area contributed by atoms with Crippen LogP contribution in [0.15, 0.2) is 52.7 Å². The molecule has 11 nitrogen and oxygen atoms in total. The third-order valence-electron chi connectivity index (χ3n) is 10.4. The summed E-state index contributed by atoms with van der Waals surface area (Å²) >= 11 is 1.90. The average Bonchev–Trinajstić information content (AvgIpc) is 3.60. The summed E-state index contributed by atoms with van der Waals surface area (Å²) in [4.78, 5) is 36.0. The molecule has 15 heteroatoms. The number of alkyl halides is 3. The minimum atomic E-state index is -4.59. The summed E-state index contributed by atoms with van der Waals surface area (Å²) in [6.07, 6.45) is 1.43. The fraction of sp³-hybridized carbons (Fsp3) is 0.526. The van der Waals surface area contributed by atoms with Gasteiger partial charge in [0.05, 0.1) is 17.8 Å². The Bertz CT molecular complexity index is 1870. The van der Waals surface area contributed by atoms with Crippen molar-refractivity contribution in [3.63, 3.8) is 0 Å². The topological polar surface area (TPSA) is 136 Å². The Morgan fingerprint density at radius 3 is 2.64 bits per heavy atom. The van der Waals surface area contributed by atoms with Gasteiger partial charge in [0.1, 0.15) is 11.6 Å². The number of hydrogen-bond donors (Lipinski definition) is 4. The number of thioether (sulfide) groups is 1. The van der Waals surface area contributed by atoms with Crippen LogP contribution in [0.1, 0.15) is 72.3 Å². The van der Waals surface area contributed by atoms with Gasteiger partial charge in [0.15, 0.2) is 0 Å². The third-order valence-corrected chi connectivity index (χ3v) is 11.9. The highest BCUT2D eigenvalue weighted by Crippen LogP contribution is 2.52. The maximum absolute atomic E-state index is 13.7. The lowest BCUT2D eigenvalue weighted by molar-refractivity contribution is -0.166. The number of nitrogens with zero attached hydrogens (tertiary/aromatic N) is 5. The number of fused-ring (bicyclic) bond motifs is 4. The number of carbonyl (C=O) groups is 2. The van der Waals surface area contributed by atoms with Crippen LogP contribution in [-0.2, 0) is 23.3 Å². The van der Waals surface area contributed by atoms with Crippen LogP contribution in [0.3, 0.4) is 0 Å². The molecule has 2 saturated heterocycles. The predicted molar refractivity (Wildman–Crippen MR) is 199 cm³/mol. The molecule has 53 heavy (non-hydrogen) atoms. The lowest BCUT2D eigenvalue weighted by atomic mass is 9.99. The highest BCUT2D eigenvalue weighted by Gasteiger charge is 2.65. The highest BCUT2D eigenvalue weighted by molar-refractivity contribution is 8.00. The molecule has 4 aliphatic rings. The molecule has 0 spiro atoms. The molecule has 3 unspecified atom stereocenters. The minimum absolute atomic E-state index is 0.000366. The fourth-order valence-corrected chi connectivity index (χ4v) is 9.14. The molecule has 2 fully saturated rings. The van der Waals surface area contributed by atoms with Gasteiger partial charge in [-0.2, -0.15) is 24.9 Å². The monoisotopic (exact) mass is 749 g/mol. The number of nitrogens with one attached hydrogen (secondary N) is 4. The molecule has 1 aromatic heterocycles. The molecular formula is C38H46F3N9O2S. The first-order chi connectivity index (χ1) is 25.5. The predicted octanol–water partition coefficient (Wildman–Crippen LogP) is 6.09. The van der Waals surface area contributed by atoms with E-state index >= 15 is 0 Å². The van der Waals surface area contributed by atoms with Gasteiger partial charge in [-0.25, -0.2) is 14.8 Å². The second-order valence-corrected chi connectivity index (χ2v) is 15.8. The lowest BCUT2D eigenvalue weighted by Crippen LogP contribution is -2.36. The van der Waals surface area contributed by atoms with Crippen LogP contribution >= 0.6 is 11.8 Å². The Labute approximate surface area is 311 Å². The van der Waals surface area contributed by atoms with Crippen LogP contribution in [0, 0.1) is 6.92 Å². The maximum atomic E-state index is 13.7. The van der Waals surface area contributed by atoms with E-state index in [1.165, 1.54) is 23.3 Å². The van der Waals surface area contributed by atoms with Crippen molar-refractivity contribution < 1.29 is 22.8 Å². The fourth-order valence-electron chi connectivity index (χ4n) is 7.60. The number of rotatable bonds is 17. The molecule has 3 atom stereocenters. The van der Waals surface area contributed by atoms with Crippen LogP contribution < -0.4 is 21.3 Å². The van der Waals surface area contributed by atoms with Crippen molar-refractivity contribution in [2.75, 3.05) is 44.3 Å². The molecule has 0 radical (unpaired) electrons. The summed E-state index contributed by atoms with van der Waals surface area (Å²) in [6, 6.07) is 13.0. The molecule has 3 aliphatic heterocycles. The van der Waals surface area contributed by atoms with E-state index in [0.717, 1.165) is 73.6 Å². The zero-order valence-corrected chi connectivity index (χ0v) is 30.9. The smallest absolute Gasteiger partial charge is 0.369 e. The van der Waals surface area contributed by atoms with Crippen LogP contribution in [0.4, 0.5) is 23.8 Å². The maximum Gasteiger partial charge on any atom is 0.442 e. The number of hydrogen-bond acceptors (Lipinski definition) is 9. The SMILES string of the molecule is Cc1ccc2c(c1)Cc1nc(Cc3cccc(C4(C(F)(F)F)N=N4)c3)nc(NCCCN(C)CCCNC(=O)CCCCC3SCC4NC(=O)NC43)c1-2. The highest BCUT2D eigenvalue weighted by atomic mass is 32.2. The van der Waals surface area contributed by atoms with Gasteiger partial charge in [-0.05, 0) is 69.4 Å². The van der Waals surface area contributed by atoms with Crippen molar-refractivity contribution in [1.82, 2.24) is 30.8 Å². The van der Waals surface area contributed by atoms with E-state index in [0.29, 0.717) is 42.6 Å². The first kappa shape index (κ1) is 37.1. The van der Waals surface area contributed by atoms with Crippen molar-refractivity contribution in [1.29, 1.82) is 0 Å². The number of benzene rings is 2. The van der Waals surface area contributed by atoms with E-state index in [-0.39, 0.29) is 36.0 Å². The van der Waals surface area contributed by atoms with Crippen LogP contribution in [0.2, 0.25) is 0 Å². The van der Waals surface area contributed by atoms with Crippen molar-refractivity contribution in [2.24, 2.45) is 10.2 Å². The van der Waals surface area contributed by atoms with E-state index < -0.39 is 11.8 Å². The molecule has 7 rings (SSSR count). The van der Waals surface area contributed by atoms with Gasteiger partial charge < -0.3 is 26.2 Å². The number of halogens is 3. The molecule has 4 N–H and O–H groups in total. The summed E-state index contributed by atoms with van der Waals surface area (Å²) in [5.74, 6) is 2.32. The van der Waals surface area contributed by atoms with Crippen LogP contribution in [0.5, 0.6) is 0 Å².